The number of aliphatic imine (C=N–C) groups is 1. The molecular weight excluding hydrogens is 356 g/mol. The molecule has 1 saturated heterocycles. The zero-order valence-corrected chi connectivity index (χ0v) is 16.3. The number of nitrogens with one attached hydrogen (secondary N) is 1. The standard InChI is InChI=1S/C18H27ClN4OS/c1-2-21-18(23-10-3-4-14(13-23)12-17(20)24)22-9-11-25-16-7-5-15(19)6-8-16/h5-8,14H,2-4,9-13H2,1H3,(H2,20,24)(H,21,22). The first-order valence-electron chi connectivity index (χ1n) is 8.78. The normalized spacial score (nSPS) is 18.2. The number of hydrogen-bond donors (Lipinski definition) is 2. The van der Waals surface area contributed by atoms with Gasteiger partial charge in [0.15, 0.2) is 5.96 Å². The molecule has 138 valence electrons. The smallest absolute Gasteiger partial charge is 0.217 e. The lowest BCUT2D eigenvalue weighted by Crippen LogP contribution is -2.47. The Morgan fingerprint density at radius 1 is 1.44 bits per heavy atom. The third kappa shape index (κ3) is 7.16. The van der Waals surface area contributed by atoms with E-state index < -0.39 is 0 Å². The van der Waals surface area contributed by atoms with E-state index in [2.05, 4.69) is 17.1 Å². The summed E-state index contributed by atoms with van der Waals surface area (Å²) in [5.74, 6) is 1.97. The van der Waals surface area contributed by atoms with E-state index in [4.69, 9.17) is 22.3 Å². The van der Waals surface area contributed by atoms with Gasteiger partial charge < -0.3 is 16.0 Å². The van der Waals surface area contributed by atoms with Gasteiger partial charge in [0.05, 0.1) is 6.54 Å². The van der Waals surface area contributed by atoms with E-state index in [9.17, 15) is 4.79 Å². The van der Waals surface area contributed by atoms with Gasteiger partial charge in [0, 0.05) is 41.7 Å². The second-order valence-corrected chi connectivity index (χ2v) is 7.77. The van der Waals surface area contributed by atoms with E-state index in [0.29, 0.717) is 12.3 Å². The van der Waals surface area contributed by atoms with Crippen molar-refractivity contribution in [1.82, 2.24) is 10.2 Å². The molecule has 0 bridgehead atoms. The summed E-state index contributed by atoms with van der Waals surface area (Å²) in [6.45, 7) is 5.47. The quantitative estimate of drug-likeness (QED) is 0.329. The minimum Gasteiger partial charge on any atom is -0.370 e. The van der Waals surface area contributed by atoms with Crippen molar-refractivity contribution in [3.63, 3.8) is 0 Å². The van der Waals surface area contributed by atoms with Gasteiger partial charge in [-0.15, -0.1) is 11.8 Å². The fourth-order valence-corrected chi connectivity index (χ4v) is 3.85. The van der Waals surface area contributed by atoms with Crippen LogP contribution >= 0.6 is 23.4 Å². The molecule has 0 saturated carbocycles. The Hall–Kier alpha value is -1.40. The Bertz CT molecular complexity index is 579. The number of nitrogens with zero attached hydrogens (tertiary/aromatic N) is 2. The molecule has 1 heterocycles. The SMILES string of the molecule is CCNC(=NCCSc1ccc(Cl)cc1)N1CCCC(CC(N)=O)C1. The maximum atomic E-state index is 11.2. The fourth-order valence-electron chi connectivity index (χ4n) is 2.98. The molecule has 3 N–H and O–H groups in total. The van der Waals surface area contributed by atoms with Gasteiger partial charge in [-0.25, -0.2) is 0 Å². The lowest BCUT2D eigenvalue weighted by Gasteiger charge is -2.34. The highest BCUT2D eigenvalue weighted by Crippen LogP contribution is 2.21. The Labute approximate surface area is 159 Å². The second-order valence-electron chi connectivity index (χ2n) is 6.16. The molecule has 1 aliphatic heterocycles. The molecule has 5 nitrogen and oxygen atoms in total. The first-order chi connectivity index (χ1) is 12.1. The highest BCUT2D eigenvalue weighted by atomic mass is 35.5. The number of thioether (sulfide) groups is 1. The van der Waals surface area contributed by atoms with Gasteiger partial charge in [0.2, 0.25) is 5.91 Å². The van der Waals surface area contributed by atoms with Crippen LogP contribution in [0.15, 0.2) is 34.2 Å². The number of piperidine rings is 1. The van der Waals surface area contributed by atoms with Gasteiger partial charge in [-0.3, -0.25) is 9.79 Å². The fraction of sp³-hybridized carbons (Fsp3) is 0.556. The molecule has 1 unspecified atom stereocenters. The summed E-state index contributed by atoms with van der Waals surface area (Å²) in [5.41, 5.74) is 5.35. The van der Waals surface area contributed by atoms with Crippen LogP contribution in [0.3, 0.4) is 0 Å². The topological polar surface area (TPSA) is 70.7 Å². The van der Waals surface area contributed by atoms with E-state index >= 15 is 0 Å². The highest BCUT2D eigenvalue weighted by Gasteiger charge is 2.23. The molecule has 0 spiro atoms. The zero-order valence-electron chi connectivity index (χ0n) is 14.7. The second kappa shape index (κ2) is 10.6. The number of halogens is 1. The zero-order chi connectivity index (χ0) is 18.1. The van der Waals surface area contributed by atoms with Crippen LogP contribution in [-0.4, -0.2) is 48.7 Å². The Balaban J connectivity index is 1.86. The predicted molar refractivity (Wildman–Crippen MR) is 106 cm³/mol. The van der Waals surface area contributed by atoms with Crippen LogP contribution in [0.1, 0.15) is 26.2 Å². The first kappa shape index (κ1) is 19.9. The summed E-state index contributed by atoms with van der Waals surface area (Å²) in [4.78, 5) is 19.4. The summed E-state index contributed by atoms with van der Waals surface area (Å²) < 4.78 is 0. The Morgan fingerprint density at radius 2 is 2.20 bits per heavy atom. The van der Waals surface area contributed by atoms with Gasteiger partial charge >= 0.3 is 0 Å². The molecule has 0 radical (unpaired) electrons. The van der Waals surface area contributed by atoms with E-state index in [1.807, 2.05) is 24.3 Å². The first-order valence-corrected chi connectivity index (χ1v) is 10.1. The van der Waals surface area contributed by atoms with E-state index in [1.54, 1.807) is 11.8 Å². The van der Waals surface area contributed by atoms with Crippen molar-refractivity contribution >= 4 is 35.2 Å². The van der Waals surface area contributed by atoms with Crippen LogP contribution < -0.4 is 11.1 Å². The average Bonchev–Trinajstić information content (AvgIpc) is 2.59. The number of amides is 1. The number of carbonyl (C=O) groups excluding carboxylic acids is 1. The third-order valence-electron chi connectivity index (χ3n) is 4.08. The molecule has 1 atom stereocenters. The van der Waals surface area contributed by atoms with E-state index in [1.165, 1.54) is 4.90 Å². The van der Waals surface area contributed by atoms with Crippen LogP contribution in [0.2, 0.25) is 5.02 Å². The maximum Gasteiger partial charge on any atom is 0.217 e. The summed E-state index contributed by atoms with van der Waals surface area (Å²) >= 11 is 7.68. The third-order valence-corrected chi connectivity index (χ3v) is 5.32. The van der Waals surface area contributed by atoms with Gasteiger partial charge in [0.25, 0.3) is 0 Å². The van der Waals surface area contributed by atoms with Crippen LogP contribution in [0.4, 0.5) is 0 Å². The molecule has 0 aliphatic carbocycles. The predicted octanol–water partition coefficient (Wildman–Crippen LogP) is 2.99. The Kier molecular flexibility index (Phi) is 8.41. The van der Waals surface area contributed by atoms with Gasteiger partial charge in [0.1, 0.15) is 0 Å². The van der Waals surface area contributed by atoms with Crippen molar-refractivity contribution in [1.29, 1.82) is 0 Å². The minimum absolute atomic E-state index is 0.215. The summed E-state index contributed by atoms with van der Waals surface area (Å²) in [5, 5.41) is 4.12. The number of hydrogen-bond acceptors (Lipinski definition) is 3. The number of nitrogens with two attached hydrogens (primary N) is 1. The average molecular weight is 383 g/mol. The number of carbonyl (C=O) groups is 1. The lowest BCUT2D eigenvalue weighted by molar-refractivity contribution is -0.119. The molecular formula is C18H27ClN4OS. The Morgan fingerprint density at radius 3 is 2.88 bits per heavy atom. The molecule has 2 rings (SSSR count). The van der Waals surface area contributed by atoms with Crippen molar-refractivity contribution < 1.29 is 4.79 Å². The molecule has 1 aliphatic rings. The summed E-state index contributed by atoms with van der Waals surface area (Å²) in [6.07, 6.45) is 2.59. The summed E-state index contributed by atoms with van der Waals surface area (Å²) in [6, 6.07) is 7.87. The van der Waals surface area contributed by atoms with Crippen molar-refractivity contribution in [3.8, 4) is 0 Å². The van der Waals surface area contributed by atoms with E-state index in [0.717, 1.165) is 55.8 Å². The van der Waals surface area contributed by atoms with Crippen molar-refractivity contribution in [2.75, 3.05) is 31.9 Å². The van der Waals surface area contributed by atoms with Crippen LogP contribution in [0, 0.1) is 5.92 Å². The van der Waals surface area contributed by atoms with Gasteiger partial charge in [-0.1, -0.05) is 11.6 Å². The molecule has 1 fully saturated rings. The summed E-state index contributed by atoms with van der Waals surface area (Å²) in [7, 11) is 0. The maximum absolute atomic E-state index is 11.2. The largest absolute Gasteiger partial charge is 0.370 e. The van der Waals surface area contributed by atoms with Crippen molar-refractivity contribution in [3.05, 3.63) is 29.3 Å². The molecule has 0 aromatic heterocycles. The molecule has 25 heavy (non-hydrogen) atoms. The van der Waals surface area contributed by atoms with Crippen molar-refractivity contribution in [2.24, 2.45) is 16.6 Å². The number of primary amides is 1. The van der Waals surface area contributed by atoms with Gasteiger partial charge in [-0.05, 0) is 49.9 Å². The monoisotopic (exact) mass is 382 g/mol. The van der Waals surface area contributed by atoms with E-state index in [-0.39, 0.29) is 5.91 Å². The number of likely N-dealkylation sites (tertiary alicyclic amines) is 1. The highest BCUT2D eigenvalue weighted by molar-refractivity contribution is 7.99. The van der Waals surface area contributed by atoms with Crippen LogP contribution in [-0.2, 0) is 4.79 Å². The molecule has 1 amide bonds. The number of rotatable bonds is 7. The van der Waals surface area contributed by atoms with Gasteiger partial charge in [-0.2, -0.15) is 0 Å². The van der Waals surface area contributed by atoms with Crippen LogP contribution in [0.5, 0.6) is 0 Å². The molecule has 1 aromatic carbocycles. The van der Waals surface area contributed by atoms with Crippen molar-refractivity contribution in [2.45, 2.75) is 31.1 Å². The minimum atomic E-state index is -0.215. The number of guanidine groups is 1. The molecule has 7 heteroatoms. The number of benzene rings is 1. The molecule has 1 aromatic rings. The lowest BCUT2D eigenvalue weighted by atomic mass is 9.95. The van der Waals surface area contributed by atoms with Crippen LogP contribution in [0.25, 0.3) is 0 Å².